The van der Waals surface area contributed by atoms with Gasteiger partial charge in [0, 0.05) is 10.6 Å². The van der Waals surface area contributed by atoms with Gasteiger partial charge in [0.25, 0.3) is 5.91 Å². The minimum Gasteiger partial charge on any atom is -0.494 e. The average molecular weight is 463 g/mol. The lowest BCUT2D eigenvalue weighted by Gasteiger charge is -2.19. The molecule has 0 unspecified atom stereocenters. The molecule has 0 atom stereocenters. The van der Waals surface area contributed by atoms with Crippen molar-refractivity contribution in [3.05, 3.63) is 88.6 Å². The van der Waals surface area contributed by atoms with Crippen LogP contribution in [0, 0.1) is 0 Å². The van der Waals surface area contributed by atoms with Crippen molar-refractivity contribution in [2.24, 2.45) is 4.99 Å². The molecule has 1 heterocycles. The molecule has 0 N–H and O–H groups in total. The molecule has 1 amide bonds. The van der Waals surface area contributed by atoms with Gasteiger partial charge in [0.05, 0.1) is 26.5 Å². The van der Waals surface area contributed by atoms with Crippen LogP contribution in [-0.4, -0.2) is 32.6 Å². The minimum absolute atomic E-state index is 0.237. The highest BCUT2D eigenvalue weighted by Gasteiger charge is 2.32. The molecule has 4 rings (SSSR count). The van der Waals surface area contributed by atoms with Gasteiger partial charge >= 0.3 is 0 Å². The van der Waals surface area contributed by atoms with Crippen molar-refractivity contribution < 1.29 is 19.0 Å². The molecule has 0 radical (unpaired) electrons. The molecule has 1 aliphatic rings. The van der Waals surface area contributed by atoms with Gasteiger partial charge in [-0.3, -0.25) is 9.69 Å². The second-order valence-corrected chi connectivity index (χ2v) is 7.59. The van der Waals surface area contributed by atoms with E-state index in [1.54, 1.807) is 49.5 Å². The molecule has 0 aliphatic carbocycles. The lowest BCUT2D eigenvalue weighted by molar-refractivity contribution is -0.113. The van der Waals surface area contributed by atoms with E-state index in [0.29, 0.717) is 40.3 Å². The Hall–Kier alpha value is -3.77. The fourth-order valence-corrected chi connectivity index (χ4v) is 3.63. The Morgan fingerprint density at radius 1 is 0.939 bits per heavy atom. The van der Waals surface area contributed by atoms with Crippen LogP contribution in [0.1, 0.15) is 18.1 Å². The molecule has 1 aliphatic heterocycles. The van der Waals surface area contributed by atoms with Crippen molar-refractivity contribution >= 4 is 35.1 Å². The van der Waals surface area contributed by atoms with E-state index in [0.717, 1.165) is 16.9 Å². The van der Waals surface area contributed by atoms with Crippen molar-refractivity contribution in [2.75, 3.05) is 25.7 Å². The molecule has 0 saturated heterocycles. The predicted octanol–water partition coefficient (Wildman–Crippen LogP) is 5.59. The molecule has 0 aromatic heterocycles. The van der Waals surface area contributed by atoms with Crippen LogP contribution in [0.3, 0.4) is 0 Å². The topological polar surface area (TPSA) is 60.4 Å². The maximum Gasteiger partial charge on any atom is 0.282 e. The number of amides is 1. The third-order valence-corrected chi connectivity index (χ3v) is 5.33. The van der Waals surface area contributed by atoms with Crippen LogP contribution >= 0.6 is 11.6 Å². The Kier molecular flexibility index (Phi) is 6.66. The van der Waals surface area contributed by atoms with Crippen LogP contribution in [0.4, 0.5) is 5.69 Å². The van der Waals surface area contributed by atoms with Crippen molar-refractivity contribution in [2.45, 2.75) is 6.92 Å². The number of amidine groups is 1. The Morgan fingerprint density at radius 2 is 1.64 bits per heavy atom. The smallest absolute Gasteiger partial charge is 0.282 e. The quantitative estimate of drug-likeness (QED) is 0.429. The fourth-order valence-electron chi connectivity index (χ4n) is 3.51. The summed E-state index contributed by atoms with van der Waals surface area (Å²) in [6.07, 6.45) is 1.73. The zero-order chi connectivity index (χ0) is 23.4. The second-order valence-electron chi connectivity index (χ2n) is 7.15. The monoisotopic (exact) mass is 462 g/mol. The van der Waals surface area contributed by atoms with Crippen molar-refractivity contribution in [1.29, 1.82) is 0 Å². The van der Waals surface area contributed by atoms with E-state index in [4.69, 9.17) is 25.8 Å². The summed E-state index contributed by atoms with van der Waals surface area (Å²) in [5.41, 5.74) is 2.54. The van der Waals surface area contributed by atoms with Crippen LogP contribution < -0.4 is 19.1 Å². The van der Waals surface area contributed by atoms with E-state index in [1.807, 2.05) is 49.4 Å². The van der Waals surface area contributed by atoms with Crippen LogP contribution in [0.2, 0.25) is 5.02 Å². The second kappa shape index (κ2) is 9.79. The Balaban J connectivity index is 1.77. The molecule has 0 fully saturated rings. The fraction of sp³-hybridized carbons (Fsp3) is 0.154. The van der Waals surface area contributed by atoms with Crippen LogP contribution in [0.15, 0.2) is 77.4 Å². The van der Waals surface area contributed by atoms with Crippen LogP contribution in [-0.2, 0) is 4.79 Å². The SMILES string of the molecule is CCOc1ccc(N2C(=O)/C(=C\c3ccc(OC)c(OC)c3)N=C2c2ccc(Cl)cc2)cc1. The Morgan fingerprint density at radius 3 is 2.27 bits per heavy atom. The molecule has 7 heteroatoms. The first-order valence-electron chi connectivity index (χ1n) is 10.4. The predicted molar refractivity (Wildman–Crippen MR) is 131 cm³/mol. The van der Waals surface area contributed by atoms with E-state index in [1.165, 1.54) is 0 Å². The Labute approximate surface area is 197 Å². The largest absolute Gasteiger partial charge is 0.494 e. The highest BCUT2D eigenvalue weighted by atomic mass is 35.5. The molecule has 168 valence electrons. The zero-order valence-electron chi connectivity index (χ0n) is 18.5. The number of methoxy groups -OCH3 is 2. The maximum absolute atomic E-state index is 13.5. The number of anilines is 1. The van der Waals surface area contributed by atoms with Crippen LogP contribution in [0.5, 0.6) is 17.2 Å². The molecule has 6 nitrogen and oxygen atoms in total. The lowest BCUT2D eigenvalue weighted by atomic mass is 10.1. The number of rotatable bonds is 7. The Bertz CT molecular complexity index is 1220. The summed E-state index contributed by atoms with van der Waals surface area (Å²) < 4.78 is 16.2. The highest BCUT2D eigenvalue weighted by molar-refractivity contribution is 6.34. The molecular formula is C26H23ClN2O4. The normalized spacial score (nSPS) is 14.4. The van der Waals surface area contributed by atoms with Crippen molar-refractivity contribution in [3.63, 3.8) is 0 Å². The van der Waals surface area contributed by atoms with Crippen molar-refractivity contribution in [1.82, 2.24) is 0 Å². The van der Waals surface area contributed by atoms with E-state index >= 15 is 0 Å². The number of nitrogens with zero attached hydrogens (tertiary/aromatic N) is 2. The van der Waals surface area contributed by atoms with Gasteiger partial charge in [0.1, 0.15) is 17.3 Å². The standard InChI is InChI=1S/C26H23ClN2O4/c1-4-33-21-12-10-20(11-13-21)29-25(18-6-8-19(27)9-7-18)28-22(26(29)30)15-17-5-14-23(31-2)24(16-17)32-3/h5-16H,4H2,1-3H3/b22-15+. The van der Waals surface area contributed by atoms with Gasteiger partial charge in [-0.25, -0.2) is 4.99 Å². The van der Waals surface area contributed by atoms with Gasteiger partial charge < -0.3 is 14.2 Å². The number of hydrogen-bond acceptors (Lipinski definition) is 5. The van der Waals surface area contributed by atoms with E-state index < -0.39 is 0 Å². The molecular weight excluding hydrogens is 440 g/mol. The molecule has 33 heavy (non-hydrogen) atoms. The number of aliphatic imine (C=N–C) groups is 1. The highest BCUT2D eigenvalue weighted by Crippen LogP contribution is 2.32. The molecule has 3 aromatic rings. The first-order valence-corrected chi connectivity index (χ1v) is 10.8. The number of halogens is 1. The average Bonchev–Trinajstić information content (AvgIpc) is 3.16. The van der Waals surface area contributed by atoms with E-state index in [-0.39, 0.29) is 5.91 Å². The first kappa shape index (κ1) is 22.4. The summed E-state index contributed by atoms with van der Waals surface area (Å²) in [4.78, 5) is 19.8. The maximum atomic E-state index is 13.5. The summed E-state index contributed by atoms with van der Waals surface area (Å²) in [6.45, 7) is 2.49. The third kappa shape index (κ3) is 4.71. The third-order valence-electron chi connectivity index (χ3n) is 5.08. The van der Waals surface area contributed by atoms with Gasteiger partial charge in [0.15, 0.2) is 11.5 Å². The van der Waals surface area contributed by atoms with Crippen LogP contribution in [0.25, 0.3) is 6.08 Å². The summed E-state index contributed by atoms with van der Waals surface area (Å²) >= 11 is 6.07. The number of carbonyl (C=O) groups is 1. The number of benzene rings is 3. The zero-order valence-corrected chi connectivity index (χ0v) is 19.3. The number of hydrogen-bond donors (Lipinski definition) is 0. The van der Waals surface area contributed by atoms with E-state index in [2.05, 4.69) is 4.99 Å². The van der Waals surface area contributed by atoms with Gasteiger partial charge in [-0.15, -0.1) is 0 Å². The summed E-state index contributed by atoms with van der Waals surface area (Å²) in [5, 5.41) is 0.609. The summed E-state index contributed by atoms with van der Waals surface area (Å²) in [6, 6.07) is 20.0. The molecule has 3 aromatic carbocycles. The number of ether oxygens (including phenoxy) is 3. The summed E-state index contributed by atoms with van der Waals surface area (Å²) in [7, 11) is 3.15. The molecule has 0 bridgehead atoms. The van der Waals surface area contributed by atoms with Gasteiger partial charge in [-0.1, -0.05) is 17.7 Å². The lowest BCUT2D eigenvalue weighted by Crippen LogP contribution is -2.32. The van der Waals surface area contributed by atoms with Crippen molar-refractivity contribution in [3.8, 4) is 17.2 Å². The summed E-state index contributed by atoms with van der Waals surface area (Å²) in [5.74, 6) is 2.20. The number of carbonyl (C=O) groups excluding carboxylic acids is 1. The molecule has 0 spiro atoms. The first-order chi connectivity index (χ1) is 16.0. The van der Waals surface area contributed by atoms with Gasteiger partial charge in [-0.05, 0) is 79.2 Å². The van der Waals surface area contributed by atoms with E-state index in [9.17, 15) is 4.79 Å². The minimum atomic E-state index is -0.237. The van der Waals surface area contributed by atoms with Gasteiger partial charge in [-0.2, -0.15) is 0 Å². The van der Waals surface area contributed by atoms with Gasteiger partial charge in [0.2, 0.25) is 0 Å². The molecule has 0 saturated carbocycles.